The lowest BCUT2D eigenvalue weighted by Crippen LogP contribution is -2.40. The third kappa shape index (κ3) is 6.08. The van der Waals surface area contributed by atoms with Gasteiger partial charge in [0.05, 0.1) is 28.5 Å². The van der Waals surface area contributed by atoms with Crippen LogP contribution in [0.25, 0.3) is 11.8 Å². The standard InChI is InChI=1S/C33H28N4O4S3/c1-5-40-31(39)27-28(21-9-7-6-8-10-21)36-33-37(29(27)22-11-14-24(42-4)15-12-22)30(38)25(43-33)18-23-13-16-26(41-23)44-32-34-19(2)17-20(3)35-32/h6-18,29H,5H2,1-4H3/b25-18+/t29-/m1/s1. The summed E-state index contributed by atoms with van der Waals surface area (Å²) in [6.07, 6.45) is 3.71. The third-order valence-corrected chi connectivity index (χ3v) is 9.35. The maximum atomic E-state index is 14.1. The second-order valence-electron chi connectivity index (χ2n) is 9.90. The number of esters is 1. The van der Waals surface area contributed by atoms with E-state index >= 15 is 0 Å². The summed E-state index contributed by atoms with van der Waals surface area (Å²) in [5.41, 5.74) is 3.84. The first-order valence-corrected chi connectivity index (χ1v) is 16.7. The number of carbonyl (C=O) groups excluding carboxylic acids is 1. The molecule has 0 spiro atoms. The van der Waals surface area contributed by atoms with E-state index in [0.29, 0.717) is 36.6 Å². The second-order valence-corrected chi connectivity index (χ2v) is 12.8. The molecule has 3 aromatic heterocycles. The number of carbonyl (C=O) groups is 1. The minimum Gasteiger partial charge on any atom is -0.463 e. The average Bonchev–Trinajstić information content (AvgIpc) is 3.59. The van der Waals surface area contributed by atoms with Crippen LogP contribution in [0.1, 0.15) is 41.2 Å². The van der Waals surface area contributed by atoms with Crippen molar-refractivity contribution in [2.75, 3.05) is 12.9 Å². The van der Waals surface area contributed by atoms with Gasteiger partial charge in [-0.25, -0.2) is 19.8 Å². The summed E-state index contributed by atoms with van der Waals surface area (Å²) in [7, 11) is 0. The fourth-order valence-electron chi connectivity index (χ4n) is 4.97. The van der Waals surface area contributed by atoms with Crippen molar-refractivity contribution in [3.05, 3.63) is 126 Å². The number of fused-ring (bicyclic) bond motifs is 1. The zero-order valence-corrected chi connectivity index (χ0v) is 26.9. The first kappa shape index (κ1) is 29.9. The highest BCUT2D eigenvalue weighted by molar-refractivity contribution is 7.99. The van der Waals surface area contributed by atoms with Crippen LogP contribution in [0.4, 0.5) is 0 Å². The molecule has 44 heavy (non-hydrogen) atoms. The van der Waals surface area contributed by atoms with E-state index in [1.54, 1.807) is 35.4 Å². The molecule has 4 heterocycles. The smallest absolute Gasteiger partial charge is 0.338 e. The Kier molecular flexibility index (Phi) is 8.69. The van der Waals surface area contributed by atoms with Crippen molar-refractivity contribution in [3.63, 3.8) is 0 Å². The first-order valence-electron chi connectivity index (χ1n) is 13.9. The summed E-state index contributed by atoms with van der Waals surface area (Å²) in [5.74, 6) is 0.000495. The lowest BCUT2D eigenvalue weighted by atomic mass is 9.93. The predicted molar refractivity (Wildman–Crippen MR) is 174 cm³/mol. The largest absolute Gasteiger partial charge is 0.463 e. The Labute approximate surface area is 266 Å². The van der Waals surface area contributed by atoms with Crippen LogP contribution in [0.2, 0.25) is 0 Å². The summed E-state index contributed by atoms with van der Waals surface area (Å²) < 4.78 is 13.6. The van der Waals surface area contributed by atoms with Crippen LogP contribution in [0.15, 0.2) is 108 Å². The summed E-state index contributed by atoms with van der Waals surface area (Å²) in [6, 6.07) is 22.2. The number of ether oxygens (including phenoxy) is 1. The lowest BCUT2D eigenvalue weighted by molar-refractivity contribution is -0.138. The Balaban J connectivity index is 1.50. The molecule has 1 aliphatic rings. The van der Waals surface area contributed by atoms with Crippen LogP contribution in [0, 0.1) is 13.8 Å². The van der Waals surface area contributed by atoms with Gasteiger partial charge in [0.15, 0.2) is 15.1 Å². The number of thioether (sulfide) groups is 1. The Morgan fingerprint density at radius 1 is 1.05 bits per heavy atom. The lowest BCUT2D eigenvalue weighted by Gasteiger charge is -2.26. The Morgan fingerprint density at radius 3 is 2.45 bits per heavy atom. The van der Waals surface area contributed by atoms with Gasteiger partial charge in [0, 0.05) is 27.9 Å². The number of hydrogen-bond donors (Lipinski definition) is 0. The van der Waals surface area contributed by atoms with Crippen molar-refractivity contribution >= 4 is 52.6 Å². The molecule has 0 fully saturated rings. The molecule has 0 saturated heterocycles. The molecule has 0 N–H and O–H groups in total. The second kappa shape index (κ2) is 12.8. The Bertz CT molecular complexity index is 2040. The molecule has 2 aromatic carbocycles. The van der Waals surface area contributed by atoms with Crippen LogP contribution in [-0.2, 0) is 9.53 Å². The predicted octanol–water partition coefficient (Wildman–Crippen LogP) is 5.81. The monoisotopic (exact) mass is 640 g/mol. The maximum Gasteiger partial charge on any atom is 0.338 e. The van der Waals surface area contributed by atoms with Gasteiger partial charge in [-0.1, -0.05) is 53.8 Å². The molecular weight excluding hydrogens is 613 g/mol. The van der Waals surface area contributed by atoms with Crippen molar-refractivity contribution in [2.24, 2.45) is 4.99 Å². The number of hydrogen-bond acceptors (Lipinski definition) is 10. The SMILES string of the molecule is CCOC(=O)C1=C(c2ccccc2)N=c2s/c(=C/c3ccc(Sc4nc(C)cc(C)n4)o3)c(=O)n2[C@@H]1c1ccc(SC)cc1. The van der Waals surface area contributed by atoms with Crippen LogP contribution in [0.3, 0.4) is 0 Å². The zero-order chi connectivity index (χ0) is 30.8. The third-order valence-electron chi connectivity index (χ3n) is 6.83. The van der Waals surface area contributed by atoms with Crippen LogP contribution >= 0.6 is 34.9 Å². The molecule has 222 valence electrons. The number of aromatic nitrogens is 3. The molecule has 0 aliphatic carbocycles. The van der Waals surface area contributed by atoms with Gasteiger partial charge < -0.3 is 9.15 Å². The van der Waals surface area contributed by atoms with E-state index in [4.69, 9.17) is 14.1 Å². The fourth-order valence-corrected chi connectivity index (χ4v) is 7.19. The van der Waals surface area contributed by atoms with Gasteiger partial charge in [0.1, 0.15) is 5.76 Å². The summed E-state index contributed by atoms with van der Waals surface area (Å²) >= 11 is 4.19. The molecule has 11 heteroatoms. The van der Waals surface area contributed by atoms with E-state index < -0.39 is 12.0 Å². The molecule has 1 aliphatic heterocycles. The molecule has 8 nitrogen and oxygen atoms in total. The normalized spacial score (nSPS) is 14.8. The van der Waals surface area contributed by atoms with E-state index in [0.717, 1.165) is 27.4 Å². The maximum absolute atomic E-state index is 14.1. The molecule has 0 unspecified atom stereocenters. The fraction of sp³-hybridized carbons (Fsp3) is 0.182. The van der Waals surface area contributed by atoms with Crippen molar-refractivity contribution in [2.45, 2.75) is 42.0 Å². The minimum absolute atomic E-state index is 0.193. The molecular formula is C33H28N4O4S3. The number of aryl methyl sites for hydroxylation is 2. The molecule has 0 amide bonds. The van der Waals surface area contributed by atoms with Crippen LogP contribution < -0.4 is 14.9 Å². The summed E-state index contributed by atoms with van der Waals surface area (Å²) in [6.45, 7) is 5.80. The number of nitrogens with zero attached hydrogens (tertiary/aromatic N) is 4. The van der Waals surface area contributed by atoms with E-state index in [1.165, 1.54) is 23.1 Å². The molecule has 5 aromatic rings. The number of furan rings is 1. The van der Waals surface area contributed by atoms with Gasteiger partial charge >= 0.3 is 5.97 Å². The molecule has 6 rings (SSSR count). The highest BCUT2D eigenvalue weighted by atomic mass is 32.2. The Morgan fingerprint density at radius 2 is 1.77 bits per heavy atom. The van der Waals surface area contributed by atoms with Crippen molar-refractivity contribution in [1.29, 1.82) is 0 Å². The highest BCUT2D eigenvalue weighted by Crippen LogP contribution is 2.36. The summed E-state index contributed by atoms with van der Waals surface area (Å²) in [5, 5.41) is 1.20. The summed E-state index contributed by atoms with van der Waals surface area (Å²) in [4.78, 5) is 43.1. The molecule has 0 bridgehead atoms. The first-order chi connectivity index (χ1) is 21.3. The van der Waals surface area contributed by atoms with E-state index in [1.807, 2.05) is 86.8 Å². The van der Waals surface area contributed by atoms with Gasteiger partial charge in [0.25, 0.3) is 5.56 Å². The van der Waals surface area contributed by atoms with Crippen LogP contribution in [0.5, 0.6) is 0 Å². The highest BCUT2D eigenvalue weighted by Gasteiger charge is 2.35. The van der Waals surface area contributed by atoms with E-state index in [9.17, 15) is 9.59 Å². The molecule has 1 atom stereocenters. The number of thiazole rings is 1. The van der Waals surface area contributed by atoms with Gasteiger partial charge in [-0.15, -0.1) is 11.8 Å². The van der Waals surface area contributed by atoms with Crippen LogP contribution in [-0.4, -0.2) is 33.4 Å². The minimum atomic E-state index is -0.733. The van der Waals surface area contributed by atoms with E-state index in [2.05, 4.69) is 9.97 Å². The quantitative estimate of drug-likeness (QED) is 0.119. The van der Waals surface area contributed by atoms with Crippen molar-refractivity contribution < 1.29 is 13.9 Å². The average molecular weight is 641 g/mol. The van der Waals surface area contributed by atoms with Crippen molar-refractivity contribution in [3.8, 4) is 0 Å². The topological polar surface area (TPSA) is 99.6 Å². The Hall–Kier alpha value is -4.19. The molecule has 0 radical (unpaired) electrons. The van der Waals surface area contributed by atoms with E-state index in [-0.39, 0.29) is 12.2 Å². The number of rotatable bonds is 8. The van der Waals surface area contributed by atoms with Crippen molar-refractivity contribution in [1.82, 2.24) is 14.5 Å². The molecule has 0 saturated carbocycles. The van der Waals surface area contributed by atoms with Gasteiger partial charge in [-0.2, -0.15) is 0 Å². The number of benzene rings is 2. The van der Waals surface area contributed by atoms with Gasteiger partial charge in [-0.05, 0) is 74.7 Å². The van der Waals surface area contributed by atoms with Gasteiger partial charge in [-0.3, -0.25) is 9.36 Å². The zero-order valence-electron chi connectivity index (χ0n) is 24.4. The van der Waals surface area contributed by atoms with Gasteiger partial charge in [0.2, 0.25) is 0 Å².